The minimum atomic E-state index is -0.0801. The van der Waals surface area contributed by atoms with Gasteiger partial charge in [-0.25, -0.2) is 0 Å². The maximum atomic E-state index is 13.1. The number of aromatic nitrogens is 1. The van der Waals surface area contributed by atoms with E-state index in [1.807, 2.05) is 4.90 Å². The molecule has 2 aliphatic heterocycles. The molecular weight excluding hydrogens is 394 g/mol. The first kappa shape index (κ1) is 16.5. The number of halogens is 1. The number of ether oxygens (including phenoxy) is 1. The molecule has 0 unspecified atom stereocenters. The second kappa shape index (κ2) is 6.22. The van der Waals surface area contributed by atoms with E-state index in [1.165, 1.54) is 22.1 Å². The van der Waals surface area contributed by atoms with E-state index in [0.29, 0.717) is 32.3 Å². The number of nitrogens with one attached hydrogen (secondary N) is 1. The number of carbonyl (C=O) groups is 1. The summed E-state index contributed by atoms with van der Waals surface area (Å²) in [5.41, 5.74) is 5.08. The smallest absolute Gasteiger partial charge is 0.230 e. The van der Waals surface area contributed by atoms with Crippen LogP contribution in [0, 0.1) is 5.92 Å². The number of hydrogen-bond donors (Lipinski definition) is 1. The summed E-state index contributed by atoms with van der Waals surface area (Å²) in [6.07, 6.45) is 3.21. The number of carbonyl (C=O) groups excluding carboxylic acids is 1. The lowest BCUT2D eigenvalue weighted by Crippen LogP contribution is -2.49. The molecule has 3 heterocycles. The average molecular weight is 416 g/mol. The van der Waals surface area contributed by atoms with E-state index < -0.39 is 0 Å². The molecule has 0 spiro atoms. The summed E-state index contributed by atoms with van der Waals surface area (Å²) in [7, 11) is 2.14. The van der Waals surface area contributed by atoms with E-state index in [4.69, 9.17) is 4.74 Å². The highest BCUT2D eigenvalue weighted by Crippen LogP contribution is 2.43. The topological polar surface area (TPSA) is 48.6 Å². The zero-order chi connectivity index (χ0) is 17.8. The summed E-state index contributed by atoms with van der Waals surface area (Å²) in [5.74, 6) is 0.155. The van der Waals surface area contributed by atoms with Crippen LogP contribution in [0.2, 0.25) is 0 Å². The Morgan fingerprint density at radius 3 is 2.92 bits per heavy atom. The van der Waals surface area contributed by atoms with Crippen molar-refractivity contribution in [2.24, 2.45) is 5.92 Å². The van der Waals surface area contributed by atoms with E-state index in [9.17, 15) is 4.79 Å². The predicted molar refractivity (Wildman–Crippen MR) is 105 cm³/mol. The third-order valence-electron chi connectivity index (χ3n) is 5.98. The van der Waals surface area contributed by atoms with Crippen LogP contribution in [0.15, 0.2) is 28.9 Å². The Labute approximate surface area is 161 Å². The number of aromatic amines is 1. The first-order valence-electron chi connectivity index (χ1n) is 9.21. The van der Waals surface area contributed by atoms with Crippen LogP contribution < -0.4 is 0 Å². The molecular formula is C20H22BrN3O2. The van der Waals surface area contributed by atoms with Crippen molar-refractivity contribution >= 4 is 38.3 Å². The zero-order valence-electron chi connectivity index (χ0n) is 14.8. The van der Waals surface area contributed by atoms with Crippen molar-refractivity contribution in [3.63, 3.8) is 0 Å². The number of H-pyrrole nitrogens is 1. The van der Waals surface area contributed by atoms with Crippen molar-refractivity contribution in [1.29, 1.82) is 0 Å². The standard InChI is InChI=1S/C20H22BrN3O2/c1-23-11-12(20(25)24-5-7-26-8-6-24)9-14-13-3-2-4-16-18(13)15(10-17(14)23)19(21)22-16/h2-4,9,12,17,22H,5-8,10-11H2,1H3/t12-,17-/m1/s1. The lowest BCUT2D eigenvalue weighted by atomic mass is 9.79. The van der Waals surface area contributed by atoms with Crippen LogP contribution in [0.5, 0.6) is 0 Å². The molecule has 3 aliphatic rings. The number of hydrogen-bond acceptors (Lipinski definition) is 3. The van der Waals surface area contributed by atoms with Crippen LogP contribution in [-0.4, -0.2) is 66.6 Å². The summed E-state index contributed by atoms with van der Waals surface area (Å²) in [6, 6.07) is 6.74. The Morgan fingerprint density at radius 1 is 1.31 bits per heavy atom. The van der Waals surface area contributed by atoms with E-state index >= 15 is 0 Å². The van der Waals surface area contributed by atoms with Gasteiger partial charge in [0.05, 0.1) is 23.7 Å². The van der Waals surface area contributed by atoms with E-state index in [0.717, 1.165) is 23.1 Å². The molecule has 1 saturated heterocycles. The Kier molecular flexibility index (Phi) is 3.95. The number of morpholine rings is 1. The molecule has 2 atom stereocenters. The summed E-state index contributed by atoms with van der Waals surface area (Å²) < 4.78 is 6.48. The molecule has 26 heavy (non-hydrogen) atoms. The summed E-state index contributed by atoms with van der Waals surface area (Å²) in [6.45, 7) is 3.48. The molecule has 1 aromatic heterocycles. The van der Waals surface area contributed by atoms with Crippen LogP contribution >= 0.6 is 15.9 Å². The number of nitrogens with zero attached hydrogens (tertiary/aromatic N) is 2. The highest BCUT2D eigenvalue weighted by Gasteiger charge is 2.37. The molecule has 0 saturated carbocycles. The first-order chi connectivity index (χ1) is 12.6. The SMILES string of the molecule is CN1C[C@H](C(=O)N2CCOCC2)C=C2c3cccc4[nH]c(Br)c(c34)C[C@H]21. The second-order valence-electron chi connectivity index (χ2n) is 7.47. The van der Waals surface area contributed by atoms with Crippen molar-refractivity contribution < 1.29 is 9.53 Å². The Morgan fingerprint density at radius 2 is 2.12 bits per heavy atom. The van der Waals surface area contributed by atoms with Crippen LogP contribution in [0.4, 0.5) is 0 Å². The lowest BCUT2D eigenvalue weighted by molar-refractivity contribution is -0.138. The van der Waals surface area contributed by atoms with Crippen molar-refractivity contribution in [3.8, 4) is 0 Å². The summed E-state index contributed by atoms with van der Waals surface area (Å²) >= 11 is 3.70. The van der Waals surface area contributed by atoms with Gasteiger partial charge in [-0.3, -0.25) is 9.69 Å². The monoisotopic (exact) mass is 415 g/mol. The lowest BCUT2D eigenvalue weighted by Gasteiger charge is -2.41. The van der Waals surface area contributed by atoms with E-state index in [1.54, 1.807) is 0 Å². The molecule has 136 valence electrons. The molecule has 1 N–H and O–H groups in total. The molecule has 5 rings (SSSR count). The quantitative estimate of drug-likeness (QED) is 0.778. The fraction of sp³-hybridized carbons (Fsp3) is 0.450. The number of amides is 1. The van der Waals surface area contributed by atoms with Gasteiger partial charge < -0.3 is 14.6 Å². The molecule has 1 amide bonds. The van der Waals surface area contributed by atoms with Crippen molar-refractivity contribution in [3.05, 3.63) is 40.0 Å². The van der Waals surface area contributed by atoms with Crippen molar-refractivity contribution in [2.75, 3.05) is 39.9 Å². The molecule has 5 nitrogen and oxygen atoms in total. The molecule has 1 aliphatic carbocycles. The van der Waals surface area contributed by atoms with Crippen LogP contribution in [-0.2, 0) is 16.0 Å². The second-order valence-corrected chi connectivity index (χ2v) is 8.26. The minimum Gasteiger partial charge on any atom is -0.378 e. The van der Waals surface area contributed by atoms with E-state index in [-0.39, 0.29) is 11.8 Å². The Balaban J connectivity index is 1.57. The summed E-state index contributed by atoms with van der Waals surface area (Å²) in [5, 5.41) is 1.30. The minimum absolute atomic E-state index is 0.0801. The van der Waals surface area contributed by atoms with Crippen molar-refractivity contribution in [2.45, 2.75) is 12.5 Å². The van der Waals surface area contributed by atoms with Gasteiger partial charge in [0.15, 0.2) is 0 Å². The van der Waals surface area contributed by atoms with Gasteiger partial charge in [-0.2, -0.15) is 0 Å². The Bertz CT molecular complexity index is 913. The van der Waals surface area contributed by atoms with Gasteiger partial charge in [0, 0.05) is 36.6 Å². The Hall–Kier alpha value is -1.63. The van der Waals surface area contributed by atoms with E-state index in [2.05, 4.69) is 57.1 Å². The molecule has 1 fully saturated rings. The van der Waals surface area contributed by atoms with Gasteiger partial charge in [0.2, 0.25) is 5.91 Å². The largest absolute Gasteiger partial charge is 0.378 e. The molecule has 2 aromatic rings. The third-order valence-corrected chi connectivity index (χ3v) is 6.66. The molecule has 6 heteroatoms. The fourth-order valence-corrected chi connectivity index (χ4v) is 5.24. The van der Waals surface area contributed by atoms with Crippen LogP contribution in [0.25, 0.3) is 16.5 Å². The summed E-state index contributed by atoms with van der Waals surface area (Å²) in [4.78, 5) is 20.8. The van der Waals surface area contributed by atoms with Crippen LogP contribution in [0.1, 0.15) is 11.1 Å². The van der Waals surface area contributed by atoms with Crippen LogP contribution in [0.3, 0.4) is 0 Å². The highest BCUT2D eigenvalue weighted by atomic mass is 79.9. The normalized spacial score (nSPS) is 25.9. The number of fused-ring (bicyclic) bond motifs is 2. The highest BCUT2D eigenvalue weighted by molar-refractivity contribution is 9.10. The number of benzene rings is 1. The molecule has 1 aromatic carbocycles. The van der Waals surface area contributed by atoms with Gasteiger partial charge in [-0.1, -0.05) is 18.2 Å². The third kappa shape index (κ3) is 2.47. The first-order valence-corrected chi connectivity index (χ1v) is 10.0. The van der Waals surface area contributed by atoms with Gasteiger partial charge in [0.1, 0.15) is 0 Å². The average Bonchev–Trinajstić information content (AvgIpc) is 2.99. The maximum absolute atomic E-state index is 13.1. The molecule has 0 bridgehead atoms. The van der Waals surface area contributed by atoms with Crippen molar-refractivity contribution in [1.82, 2.24) is 14.8 Å². The predicted octanol–water partition coefficient (Wildman–Crippen LogP) is 2.66. The number of likely N-dealkylation sites (N-methyl/N-ethyl adjacent to an activating group) is 1. The molecule has 0 radical (unpaired) electrons. The maximum Gasteiger partial charge on any atom is 0.230 e. The fourth-order valence-electron chi connectivity index (χ4n) is 4.67. The zero-order valence-corrected chi connectivity index (χ0v) is 16.4. The van der Waals surface area contributed by atoms with Gasteiger partial charge in [-0.15, -0.1) is 0 Å². The van der Waals surface area contributed by atoms with Gasteiger partial charge in [-0.05, 0) is 52.2 Å². The number of rotatable bonds is 1. The van der Waals surface area contributed by atoms with Gasteiger partial charge in [0.25, 0.3) is 0 Å². The van der Waals surface area contributed by atoms with Gasteiger partial charge >= 0.3 is 0 Å².